The lowest BCUT2D eigenvalue weighted by molar-refractivity contribution is -0.387. The summed E-state index contributed by atoms with van der Waals surface area (Å²) in [7, 11) is -4.12. The number of nitro benzene ring substituents is 1. The molecule has 0 atom stereocenters. The second-order valence-corrected chi connectivity index (χ2v) is 6.21. The smallest absolute Gasteiger partial charge is 0.287 e. The van der Waals surface area contributed by atoms with Crippen LogP contribution in [0, 0.1) is 16.0 Å². The Bertz CT molecular complexity index is 573. The summed E-state index contributed by atoms with van der Waals surface area (Å²) in [6.07, 6.45) is 0. The van der Waals surface area contributed by atoms with Gasteiger partial charge in [-0.3, -0.25) is 15.0 Å². The number of rotatable bonds is 6. The van der Waals surface area contributed by atoms with Crippen molar-refractivity contribution in [3.63, 3.8) is 0 Å². The van der Waals surface area contributed by atoms with Gasteiger partial charge in [-0.2, -0.15) is 0 Å². The molecule has 0 spiro atoms. The molecule has 1 N–H and O–H groups in total. The van der Waals surface area contributed by atoms with Crippen LogP contribution in [0.2, 0.25) is 5.02 Å². The van der Waals surface area contributed by atoms with Crippen molar-refractivity contribution < 1.29 is 18.2 Å². The molecule has 0 aliphatic carbocycles. The van der Waals surface area contributed by atoms with E-state index in [0.29, 0.717) is 0 Å². The Balaban J connectivity index is 3.04. The Kier molecular flexibility index (Phi) is 5.24. The quantitative estimate of drug-likeness (QED) is 0.641. The Labute approximate surface area is 115 Å². The van der Waals surface area contributed by atoms with Gasteiger partial charge in [0, 0.05) is 11.1 Å². The first kappa shape index (κ1) is 15.8. The number of nitrogens with one attached hydrogen (secondary N) is 1. The second-order valence-electron chi connectivity index (χ2n) is 4.16. The van der Waals surface area contributed by atoms with Gasteiger partial charge in [-0.15, -0.1) is 0 Å². The average Bonchev–Trinajstić information content (AvgIpc) is 2.27. The lowest BCUT2D eigenvalue weighted by Crippen LogP contribution is -2.26. The van der Waals surface area contributed by atoms with Gasteiger partial charge < -0.3 is 0 Å². The Morgan fingerprint density at radius 2 is 2.11 bits per heavy atom. The van der Waals surface area contributed by atoms with Gasteiger partial charge >= 0.3 is 0 Å². The predicted molar refractivity (Wildman–Crippen MR) is 69.2 cm³/mol. The Morgan fingerprint density at radius 3 is 2.63 bits per heavy atom. The molecule has 0 amide bonds. The number of benzene rings is 1. The van der Waals surface area contributed by atoms with Crippen LogP contribution in [-0.4, -0.2) is 19.9 Å². The first-order valence-electron chi connectivity index (χ1n) is 5.31. The van der Waals surface area contributed by atoms with E-state index in [9.17, 15) is 18.5 Å². The fourth-order valence-electron chi connectivity index (χ4n) is 1.18. The monoisotopic (exact) mass is 308 g/mol. The van der Waals surface area contributed by atoms with Crippen LogP contribution in [0.4, 0.5) is 5.69 Å². The lowest BCUT2D eigenvalue weighted by Gasteiger charge is -2.09. The molecule has 0 radical (unpaired) electrons. The lowest BCUT2D eigenvalue weighted by atomic mass is 10.2. The third-order valence-corrected chi connectivity index (χ3v) is 3.49. The van der Waals surface area contributed by atoms with Crippen molar-refractivity contribution in [2.75, 3.05) is 6.61 Å². The zero-order chi connectivity index (χ0) is 14.6. The van der Waals surface area contributed by atoms with E-state index < -0.39 is 25.5 Å². The van der Waals surface area contributed by atoms with Gasteiger partial charge in [0.1, 0.15) is 0 Å². The first-order chi connectivity index (χ1) is 8.74. The summed E-state index contributed by atoms with van der Waals surface area (Å²) in [5.74, 6) is 0.114. The number of nitrogens with zero attached hydrogens (tertiary/aromatic N) is 1. The fraction of sp³-hybridized carbons (Fsp3) is 0.400. The van der Waals surface area contributed by atoms with Gasteiger partial charge in [0.05, 0.1) is 11.5 Å². The molecule has 0 aliphatic heterocycles. The molecule has 0 heterocycles. The number of halogens is 1. The van der Waals surface area contributed by atoms with Crippen molar-refractivity contribution in [1.82, 2.24) is 4.89 Å². The maximum Gasteiger partial charge on any atom is 0.290 e. The van der Waals surface area contributed by atoms with Crippen LogP contribution in [0.3, 0.4) is 0 Å². The highest BCUT2D eigenvalue weighted by molar-refractivity contribution is 7.89. The van der Waals surface area contributed by atoms with Crippen LogP contribution in [-0.2, 0) is 14.9 Å². The molecule has 0 saturated carbocycles. The topological polar surface area (TPSA) is 98.5 Å². The van der Waals surface area contributed by atoms with Gasteiger partial charge in [0.15, 0.2) is 4.90 Å². The van der Waals surface area contributed by atoms with Crippen molar-refractivity contribution in [2.45, 2.75) is 18.7 Å². The normalized spacial score (nSPS) is 11.8. The average molecular weight is 309 g/mol. The summed E-state index contributed by atoms with van der Waals surface area (Å²) in [5.41, 5.74) is -0.604. The van der Waals surface area contributed by atoms with Crippen LogP contribution < -0.4 is 4.89 Å². The molecule has 0 bridgehead atoms. The SMILES string of the molecule is CC(C)CONS(=O)(=O)c1ccc(Cl)cc1[N+](=O)[O-]. The number of hydrogen-bond acceptors (Lipinski definition) is 5. The minimum atomic E-state index is -4.12. The van der Waals surface area contributed by atoms with Crippen LogP contribution >= 0.6 is 11.6 Å². The molecule has 7 nitrogen and oxygen atoms in total. The van der Waals surface area contributed by atoms with Crippen molar-refractivity contribution in [3.05, 3.63) is 33.3 Å². The number of sulfonamides is 1. The molecule has 0 fully saturated rings. The van der Waals surface area contributed by atoms with Crippen molar-refractivity contribution in [2.24, 2.45) is 5.92 Å². The number of hydrogen-bond donors (Lipinski definition) is 1. The van der Waals surface area contributed by atoms with Crippen LogP contribution in [0.1, 0.15) is 13.8 Å². The van der Waals surface area contributed by atoms with Crippen molar-refractivity contribution in [1.29, 1.82) is 0 Å². The number of nitro groups is 1. The maximum atomic E-state index is 11.9. The highest BCUT2D eigenvalue weighted by atomic mass is 35.5. The molecule has 19 heavy (non-hydrogen) atoms. The van der Waals surface area contributed by atoms with E-state index in [1.54, 1.807) is 0 Å². The molecule has 9 heteroatoms. The van der Waals surface area contributed by atoms with E-state index in [2.05, 4.69) is 0 Å². The van der Waals surface area contributed by atoms with E-state index in [4.69, 9.17) is 16.4 Å². The molecular formula is C10H13ClN2O5S. The molecule has 1 aromatic rings. The zero-order valence-corrected chi connectivity index (χ0v) is 11.9. The van der Waals surface area contributed by atoms with E-state index in [0.717, 1.165) is 12.1 Å². The van der Waals surface area contributed by atoms with Crippen molar-refractivity contribution >= 4 is 27.3 Å². The summed E-state index contributed by atoms with van der Waals surface area (Å²) >= 11 is 5.61. The molecule has 1 aromatic carbocycles. The van der Waals surface area contributed by atoms with E-state index in [1.165, 1.54) is 6.07 Å². The Morgan fingerprint density at radius 1 is 1.47 bits per heavy atom. The predicted octanol–water partition coefficient (Wildman–Crippen LogP) is 2.11. The third-order valence-electron chi connectivity index (χ3n) is 1.99. The van der Waals surface area contributed by atoms with Gasteiger partial charge in [-0.1, -0.05) is 30.3 Å². The van der Waals surface area contributed by atoms with Gasteiger partial charge in [-0.05, 0) is 18.1 Å². The highest BCUT2D eigenvalue weighted by Gasteiger charge is 2.26. The summed E-state index contributed by atoms with van der Waals surface area (Å²) in [6.45, 7) is 3.82. The summed E-state index contributed by atoms with van der Waals surface area (Å²) in [5, 5.41) is 10.9. The fourth-order valence-corrected chi connectivity index (χ4v) is 2.32. The minimum Gasteiger partial charge on any atom is -0.287 e. The van der Waals surface area contributed by atoms with Crippen molar-refractivity contribution in [3.8, 4) is 0 Å². The largest absolute Gasteiger partial charge is 0.290 e. The third kappa shape index (κ3) is 4.43. The maximum absolute atomic E-state index is 11.9. The van der Waals surface area contributed by atoms with Gasteiger partial charge in [0.2, 0.25) is 0 Å². The highest BCUT2D eigenvalue weighted by Crippen LogP contribution is 2.26. The zero-order valence-electron chi connectivity index (χ0n) is 10.3. The Hall–Kier alpha value is -1.22. The molecular weight excluding hydrogens is 296 g/mol. The van der Waals surface area contributed by atoms with E-state index in [-0.39, 0.29) is 17.5 Å². The molecule has 1 rings (SSSR count). The molecule has 0 saturated heterocycles. The molecule has 106 valence electrons. The van der Waals surface area contributed by atoms with Crippen LogP contribution in [0.25, 0.3) is 0 Å². The van der Waals surface area contributed by atoms with E-state index in [1.807, 2.05) is 18.7 Å². The van der Waals surface area contributed by atoms with Crippen LogP contribution in [0.5, 0.6) is 0 Å². The van der Waals surface area contributed by atoms with Crippen LogP contribution in [0.15, 0.2) is 23.1 Å². The minimum absolute atomic E-state index is 0.0775. The standard InChI is InChI=1S/C10H13ClN2O5S/c1-7(2)6-18-12-19(16,17)10-4-3-8(11)5-9(10)13(14)15/h3-5,7,12H,6H2,1-2H3. The first-order valence-corrected chi connectivity index (χ1v) is 7.17. The summed E-state index contributed by atoms with van der Waals surface area (Å²) < 4.78 is 23.7. The molecule has 0 aromatic heterocycles. The van der Waals surface area contributed by atoms with E-state index >= 15 is 0 Å². The van der Waals surface area contributed by atoms with Gasteiger partial charge in [0.25, 0.3) is 15.7 Å². The van der Waals surface area contributed by atoms with Gasteiger partial charge in [-0.25, -0.2) is 8.42 Å². The second kappa shape index (κ2) is 6.29. The molecule has 0 aliphatic rings. The summed E-state index contributed by atoms with van der Waals surface area (Å²) in [6, 6.07) is 3.28. The summed E-state index contributed by atoms with van der Waals surface area (Å²) in [4.78, 5) is 16.1. The molecule has 0 unspecified atom stereocenters.